The standard InChI is InChI=1S/C22H26F3N5O/c1-14-4-6-15(7-5-14)18-11-19(22(23,24)25)30-20(27-18)17(12-26-30)21(31)29-10-9-28-8-2-3-16(28)13-29/h4-7,12,16,18-19,27H,2-3,8-11,13H2,1H3/t16-,18-,19+/m1/s1. The van der Waals surface area contributed by atoms with E-state index in [1.165, 1.54) is 6.20 Å². The first-order chi connectivity index (χ1) is 14.8. The van der Waals surface area contributed by atoms with Crippen molar-refractivity contribution in [3.8, 4) is 0 Å². The van der Waals surface area contributed by atoms with Gasteiger partial charge in [-0.1, -0.05) is 29.8 Å². The third-order valence-electron chi connectivity index (χ3n) is 6.82. The molecule has 3 aliphatic rings. The number of carbonyl (C=O) groups is 1. The Labute approximate surface area is 179 Å². The molecule has 166 valence electrons. The molecule has 3 atom stereocenters. The molecule has 3 aliphatic heterocycles. The zero-order chi connectivity index (χ0) is 21.8. The number of piperazine rings is 1. The molecule has 2 aromatic rings. The summed E-state index contributed by atoms with van der Waals surface area (Å²) in [7, 11) is 0. The summed E-state index contributed by atoms with van der Waals surface area (Å²) in [4.78, 5) is 17.5. The van der Waals surface area contributed by atoms with Crippen molar-refractivity contribution in [2.45, 2.75) is 50.5 Å². The quantitative estimate of drug-likeness (QED) is 0.784. The first kappa shape index (κ1) is 20.4. The average Bonchev–Trinajstić information content (AvgIpc) is 3.38. The van der Waals surface area contributed by atoms with Crippen LogP contribution in [-0.2, 0) is 0 Å². The number of aromatic nitrogens is 2. The lowest BCUT2D eigenvalue weighted by atomic mass is 9.96. The molecule has 1 amide bonds. The van der Waals surface area contributed by atoms with Gasteiger partial charge in [-0.05, 0) is 31.9 Å². The second-order valence-electron chi connectivity index (χ2n) is 8.84. The van der Waals surface area contributed by atoms with E-state index in [2.05, 4.69) is 15.3 Å². The molecule has 1 aromatic carbocycles. The molecule has 0 aliphatic carbocycles. The first-order valence-corrected chi connectivity index (χ1v) is 10.8. The Morgan fingerprint density at radius 1 is 1.16 bits per heavy atom. The van der Waals surface area contributed by atoms with Crippen molar-refractivity contribution in [1.82, 2.24) is 19.6 Å². The Kier molecular flexibility index (Phi) is 4.96. The maximum Gasteiger partial charge on any atom is 0.410 e. The van der Waals surface area contributed by atoms with Gasteiger partial charge in [0.15, 0.2) is 6.04 Å². The lowest BCUT2D eigenvalue weighted by Gasteiger charge is -2.38. The van der Waals surface area contributed by atoms with Crippen molar-refractivity contribution >= 4 is 11.7 Å². The normalized spacial score (nSPS) is 26.3. The zero-order valence-corrected chi connectivity index (χ0v) is 17.4. The van der Waals surface area contributed by atoms with Crippen molar-refractivity contribution in [2.24, 2.45) is 0 Å². The molecular weight excluding hydrogens is 407 g/mol. The van der Waals surface area contributed by atoms with Crippen LogP contribution in [0.15, 0.2) is 30.5 Å². The number of benzene rings is 1. The van der Waals surface area contributed by atoms with Crippen LogP contribution in [0.5, 0.6) is 0 Å². The van der Waals surface area contributed by atoms with Gasteiger partial charge in [0, 0.05) is 32.1 Å². The van der Waals surface area contributed by atoms with Crippen LogP contribution in [0.3, 0.4) is 0 Å². The number of halogens is 3. The zero-order valence-electron chi connectivity index (χ0n) is 17.4. The number of fused-ring (bicyclic) bond motifs is 2. The van der Waals surface area contributed by atoms with Gasteiger partial charge in [0.05, 0.1) is 12.2 Å². The number of alkyl halides is 3. The lowest BCUT2D eigenvalue weighted by molar-refractivity contribution is -0.173. The van der Waals surface area contributed by atoms with E-state index in [0.717, 1.165) is 41.7 Å². The fraction of sp³-hybridized carbons (Fsp3) is 0.545. The highest BCUT2D eigenvalue weighted by Gasteiger charge is 2.47. The summed E-state index contributed by atoms with van der Waals surface area (Å²) in [5.74, 6) is -0.0798. The summed E-state index contributed by atoms with van der Waals surface area (Å²) in [6.07, 6.45) is -1.15. The van der Waals surface area contributed by atoms with E-state index in [1.54, 1.807) is 4.90 Å². The molecule has 2 saturated heterocycles. The van der Waals surface area contributed by atoms with Gasteiger partial charge in [-0.2, -0.15) is 18.3 Å². The predicted molar refractivity (Wildman–Crippen MR) is 110 cm³/mol. The third kappa shape index (κ3) is 3.69. The second kappa shape index (κ2) is 7.55. The highest BCUT2D eigenvalue weighted by atomic mass is 19.4. The smallest absolute Gasteiger partial charge is 0.363 e. The fourth-order valence-electron chi connectivity index (χ4n) is 5.08. The van der Waals surface area contributed by atoms with E-state index in [0.29, 0.717) is 19.1 Å². The lowest BCUT2D eigenvalue weighted by Crippen LogP contribution is -2.52. The average molecular weight is 433 g/mol. The van der Waals surface area contributed by atoms with Gasteiger partial charge in [0.1, 0.15) is 11.4 Å². The van der Waals surface area contributed by atoms with Gasteiger partial charge in [0.25, 0.3) is 5.91 Å². The number of anilines is 1. The number of nitrogens with zero attached hydrogens (tertiary/aromatic N) is 4. The topological polar surface area (TPSA) is 53.4 Å². The summed E-state index contributed by atoms with van der Waals surface area (Å²) >= 11 is 0. The minimum Gasteiger partial charge on any atom is -0.363 e. The summed E-state index contributed by atoms with van der Waals surface area (Å²) in [5.41, 5.74) is 2.03. The van der Waals surface area contributed by atoms with Crippen LogP contribution in [0.25, 0.3) is 0 Å². The van der Waals surface area contributed by atoms with Gasteiger partial charge in [-0.15, -0.1) is 0 Å². The van der Waals surface area contributed by atoms with Crippen LogP contribution in [0, 0.1) is 6.92 Å². The molecule has 0 unspecified atom stereocenters. The Balaban J connectivity index is 1.46. The largest absolute Gasteiger partial charge is 0.410 e. The Morgan fingerprint density at radius 2 is 1.94 bits per heavy atom. The number of amides is 1. The molecule has 2 fully saturated rings. The van der Waals surface area contributed by atoms with Crippen LogP contribution in [0.1, 0.15) is 52.8 Å². The van der Waals surface area contributed by atoms with Crippen LogP contribution < -0.4 is 5.32 Å². The first-order valence-electron chi connectivity index (χ1n) is 10.8. The van der Waals surface area contributed by atoms with Gasteiger partial charge >= 0.3 is 6.18 Å². The van der Waals surface area contributed by atoms with Crippen molar-refractivity contribution < 1.29 is 18.0 Å². The molecule has 9 heteroatoms. The Hall–Kier alpha value is -2.55. The molecule has 0 spiro atoms. The minimum absolute atomic E-state index is 0.165. The van der Waals surface area contributed by atoms with Gasteiger partial charge in [0.2, 0.25) is 0 Å². The predicted octanol–water partition coefficient (Wildman–Crippen LogP) is 3.77. The van der Waals surface area contributed by atoms with Gasteiger partial charge < -0.3 is 10.2 Å². The molecule has 6 nitrogen and oxygen atoms in total. The molecule has 0 radical (unpaired) electrons. The van der Waals surface area contributed by atoms with Crippen LogP contribution in [0.2, 0.25) is 0 Å². The van der Waals surface area contributed by atoms with Gasteiger partial charge in [-0.3, -0.25) is 9.69 Å². The highest BCUT2D eigenvalue weighted by Crippen LogP contribution is 2.44. The molecule has 0 bridgehead atoms. The van der Waals surface area contributed by atoms with Crippen molar-refractivity contribution in [2.75, 3.05) is 31.5 Å². The molecular formula is C22H26F3N5O. The van der Waals surface area contributed by atoms with Crippen LogP contribution >= 0.6 is 0 Å². The number of carbonyl (C=O) groups excluding carboxylic acids is 1. The van der Waals surface area contributed by atoms with Crippen molar-refractivity contribution in [3.63, 3.8) is 0 Å². The summed E-state index contributed by atoms with van der Waals surface area (Å²) in [5, 5.41) is 7.20. The molecule has 1 N–H and O–H groups in total. The maximum absolute atomic E-state index is 13.9. The van der Waals surface area contributed by atoms with E-state index in [9.17, 15) is 18.0 Å². The molecule has 4 heterocycles. The van der Waals surface area contributed by atoms with E-state index in [4.69, 9.17) is 0 Å². The molecule has 31 heavy (non-hydrogen) atoms. The van der Waals surface area contributed by atoms with E-state index in [-0.39, 0.29) is 23.7 Å². The van der Waals surface area contributed by atoms with E-state index < -0.39 is 18.3 Å². The summed E-state index contributed by atoms with van der Waals surface area (Å²) in [6, 6.07) is 5.48. The maximum atomic E-state index is 13.9. The minimum atomic E-state index is -4.46. The van der Waals surface area contributed by atoms with Gasteiger partial charge in [-0.25, -0.2) is 4.68 Å². The SMILES string of the molecule is Cc1ccc([C@H]2C[C@@H](C(F)(F)F)n3ncc(C(=O)N4CCN5CCC[C@@H]5C4)c3N2)cc1. The molecule has 0 saturated carbocycles. The number of hydrogen-bond acceptors (Lipinski definition) is 4. The summed E-state index contributed by atoms with van der Waals surface area (Å²) in [6.45, 7) is 5.01. The molecule has 1 aromatic heterocycles. The summed E-state index contributed by atoms with van der Waals surface area (Å²) < 4.78 is 42.6. The Morgan fingerprint density at radius 3 is 2.68 bits per heavy atom. The van der Waals surface area contributed by atoms with Crippen LogP contribution in [0.4, 0.5) is 19.0 Å². The monoisotopic (exact) mass is 433 g/mol. The highest BCUT2D eigenvalue weighted by molar-refractivity contribution is 5.99. The second-order valence-corrected chi connectivity index (χ2v) is 8.84. The van der Waals surface area contributed by atoms with E-state index >= 15 is 0 Å². The van der Waals surface area contributed by atoms with E-state index in [1.807, 2.05) is 31.2 Å². The fourth-order valence-corrected chi connectivity index (χ4v) is 5.08. The number of nitrogens with one attached hydrogen (secondary N) is 1. The molecule has 5 rings (SSSR count). The number of aryl methyl sites for hydroxylation is 1. The Bertz CT molecular complexity index is 971. The van der Waals surface area contributed by atoms with Crippen molar-refractivity contribution in [1.29, 1.82) is 0 Å². The van der Waals surface area contributed by atoms with Crippen LogP contribution in [-0.4, -0.2) is 63.9 Å². The third-order valence-corrected chi connectivity index (χ3v) is 6.82. The van der Waals surface area contributed by atoms with Crippen molar-refractivity contribution in [3.05, 3.63) is 47.2 Å². The number of rotatable bonds is 2. The number of hydrogen-bond donors (Lipinski definition) is 1.